The van der Waals surface area contributed by atoms with Crippen LogP contribution in [0.15, 0.2) is 90.1 Å². The van der Waals surface area contributed by atoms with E-state index in [9.17, 15) is 4.79 Å². The summed E-state index contributed by atoms with van der Waals surface area (Å²) < 4.78 is 10.7. The fraction of sp³-hybridized carbons (Fsp3) is 0.350. The maximum Gasteiger partial charge on any atom is 0.338 e. The molecule has 240 valence electrons. The van der Waals surface area contributed by atoms with Gasteiger partial charge in [-0.05, 0) is 106 Å². The van der Waals surface area contributed by atoms with Crippen LogP contribution < -0.4 is 0 Å². The third kappa shape index (κ3) is 4.98. The van der Waals surface area contributed by atoms with E-state index in [-0.39, 0.29) is 12.0 Å². The van der Waals surface area contributed by atoms with Crippen LogP contribution in [0.1, 0.15) is 73.7 Å². The van der Waals surface area contributed by atoms with Crippen molar-refractivity contribution in [2.45, 2.75) is 84.6 Å². The molecule has 2 aliphatic carbocycles. The Morgan fingerprint density at radius 3 is 1.87 bits per heavy atom. The van der Waals surface area contributed by atoms with Crippen molar-refractivity contribution in [3.05, 3.63) is 118 Å². The second-order valence-electron chi connectivity index (χ2n) is 13.2. The van der Waals surface area contributed by atoms with Gasteiger partial charge in [-0.3, -0.25) is 0 Å². The van der Waals surface area contributed by atoms with Crippen molar-refractivity contribution < 1.29 is 9.53 Å². The highest BCUT2D eigenvalue weighted by molar-refractivity contribution is 7.80. The summed E-state index contributed by atoms with van der Waals surface area (Å²) in [5, 5.41) is 3.40. The Bertz CT molecular complexity index is 2040. The van der Waals surface area contributed by atoms with Crippen LogP contribution in [-0.4, -0.2) is 36.6 Å². The molecule has 1 unspecified atom stereocenters. The van der Waals surface area contributed by atoms with E-state index in [1.807, 2.05) is 25.1 Å². The molecule has 7 heteroatoms. The molecular formula is C40H42N4O2S. The van der Waals surface area contributed by atoms with Gasteiger partial charge < -0.3 is 23.7 Å². The van der Waals surface area contributed by atoms with E-state index >= 15 is 0 Å². The van der Waals surface area contributed by atoms with E-state index in [4.69, 9.17) is 17.0 Å². The third-order valence-electron chi connectivity index (χ3n) is 10.6. The van der Waals surface area contributed by atoms with E-state index in [1.165, 1.54) is 70.0 Å². The Kier molecular flexibility index (Phi) is 7.88. The predicted octanol–water partition coefficient (Wildman–Crippen LogP) is 8.45. The average molecular weight is 643 g/mol. The molecule has 6 nitrogen and oxygen atoms in total. The molecule has 8 rings (SSSR count). The first-order valence-corrected chi connectivity index (χ1v) is 17.7. The van der Waals surface area contributed by atoms with Crippen LogP contribution in [0.5, 0.6) is 0 Å². The van der Waals surface area contributed by atoms with Gasteiger partial charge in [0.2, 0.25) is 0 Å². The number of carbonyl (C=O) groups is 1. The second kappa shape index (κ2) is 12.3. The number of nitrogens with zero attached hydrogens (tertiary/aromatic N) is 4. The SMILES string of the molecule is CCOC(=O)C1=C(C)N(Cn2c3c(c4ccccc42)CCCC3)C(=S)N(Cn2c3c(c4ccccc42)CCCC3)C1c1ccccc1. The molecule has 3 aliphatic rings. The summed E-state index contributed by atoms with van der Waals surface area (Å²) in [5.41, 5.74) is 10.7. The fourth-order valence-corrected chi connectivity index (χ4v) is 8.82. The van der Waals surface area contributed by atoms with E-state index in [0.717, 1.165) is 42.1 Å². The van der Waals surface area contributed by atoms with Crippen LogP contribution in [-0.2, 0) is 48.6 Å². The number of aromatic nitrogens is 2. The lowest BCUT2D eigenvalue weighted by atomic mass is 9.93. The third-order valence-corrected chi connectivity index (χ3v) is 11.1. The van der Waals surface area contributed by atoms with Gasteiger partial charge in [-0.1, -0.05) is 66.7 Å². The summed E-state index contributed by atoms with van der Waals surface area (Å²) >= 11 is 6.55. The molecular weight excluding hydrogens is 601 g/mol. The summed E-state index contributed by atoms with van der Waals surface area (Å²) in [4.78, 5) is 18.6. The van der Waals surface area contributed by atoms with Crippen molar-refractivity contribution in [3.8, 4) is 0 Å². The summed E-state index contributed by atoms with van der Waals surface area (Å²) in [6, 6.07) is 27.5. The zero-order chi connectivity index (χ0) is 32.1. The van der Waals surface area contributed by atoms with Crippen LogP contribution in [0.3, 0.4) is 0 Å². The maximum atomic E-state index is 14.1. The number of carbonyl (C=O) groups excluding carboxylic acids is 1. The number of benzene rings is 3. The highest BCUT2D eigenvalue weighted by Crippen LogP contribution is 2.41. The first-order valence-electron chi connectivity index (χ1n) is 17.3. The van der Waals surface area contributed by atoms with Crippen molar-refractivity contribution in [2.75, 3.05) is 6.61 Å². The van der Waals surface area contributed by atoms with Gasteiger partial charge in [0, 0.05) is 27.9 Å². The number of ether oxygens (including phenoxy) is 1. The van der Waals surface area contributed by atoms with Crippen molar-refractivity contribution in [1.82, 2.24) is 18.9 Å². The highest BCUT2D eigenvalue weighted by atomic mass is 32.1. The number of thiocarbonyl (C=S) groups is 1. The van der Waals surface area contributed by atoms with Crippen LogP contribution in [0.2, 0.25) is 0 Å². The molecule has 0 fully saturated rings. The first kappa shape index (κ1) is 30.0. The van der Waals surface area contributed by atoms with Crippen LogP contribution >= 0.6 is 12.2 Å². The highest BCUT2D eigenvalue weighted by Gasteiger charge is 2.41. The number of fused-ring (bicyclic) bond motifs is 6. The number of allylic oxidation sites excluding steroid dienone is 1. The minimum atomic E-state index is -0.380. The molecule has 0 N–H and O–H groups in total. The molecule has 0 bridgehead atoms. The average Bonchev–Trinajstić information content (AvgIpc) is 3.60. The van der Waals surface area contributed by atoms with Gasteiger partial charge in [0.1, 0.15) is 6.67 Å². The molecule has 0 spiro atoms. The molecule has 3 aromatic carbocycles. The van der Waals surface area contributed by atoms with Gasteiger partial charge >= 0.3 is 5.97 Å². The molecule has 0 saturated heterocycles. The van der Waals surface area contributed by atoms with E-state index < -0.39 is 0 Å². The Morgan fingerprint density at radius 1 is 0.745 bits per heavy atom. The standard InChI is InChI=1S/C40H42N4O2S/c1-3-46-39(45)37-27(2)41(25-42-33-21-11-7-17-29(33)30-18-8-12-22-34(30)42)40(47)44(38(37)28-15-5-4-6-16-28)26-43-35-23-13-9-19-31(35)32-20-10-14-24-36(32)43/h4-7,9,11,13,15-17,19,21,23,38H,3,8,10,12,14,18,20,22,24-26H2,1-2H3. The summed E-state index contributed by atoms with van der Waals surface area (Å²) in [7, 11) is 0. The Balaban J connectivity index is 1.31. The number of hydrogen-bond donors (Lipinski definition) is 0. The smallest absolute Gasteiger partial charge is 0.338 e. The Hall–Kier alpha value is -4.36. The summed E-state index contributed by atoms with van der Waals surface area (Å²) in [6.07, 6.45) is 9.10. The van der Waals surface area contributed by atoms with Gasteiger partial charge in [0.25, 0.3) is 0 Å². The van der Waals surface area contributed by atoms with Crippen molar-refractivity contribution in [3.63, 3.8) is 0 Å². The van der Waals surface area contributed by atoms with Gasteiger partial charge in [0.05, 0.1) is 35.9 Å². The maximum absolute atomic E-state index is 14.1. The van der Waals surface area contributed by atoms with Crippen LogP contribution in [0, 0.1) is 0 Å². The number of esters is 1. The number of rotatable bonds is 7. The zero-order valence-electron chi connectivity index (χ0n) is 27.4. The van der Waals surface area contributed by atoms with Gasteiger partial charge in [-0.2, -0.15) is 0 Å². The molecule has 2 aromatic heterocycles. The van der Waals surface area contributed by atoms with E-state index in [1.54, 1.807) is 0 Å². The number of hydrogen-bond acceptors (Lipinski definition) is 3. The van der Waals surface area contributed by atoms with E-state index in [0.29, 0.717) is 25.5 Å². The molecule has 1 aliphatic heterocycles. The zero-order valence-corrected chi connectivity index (χ0v) is 28.2. The molecule has 5 aromatic rings. The summed E-state index contributed by atoms with van der Waals surface area (Å²) in [5.74, 6) is -0.282. The molecule has 0 saturated carbocycles. The largest absolute Gasteiger partial charge is 0.463 e. The van der Waals surface area contributed by atoms with Crippen molar-refractivity contribution in [2.24, 2.45) is 0 Å². The van der Waals surface area contributed by atoms with Crippen molar-refractivity contribution in [1.29, 1.82) is 0 Å². The lowest BCUT2D eigenvalue weighted by Crippen LogP contribution is -2.51. The number of para-hydroxylation sites is 2. The van der Waals surface area contributed by atoms with Crippen molar-refractivity contribution >= 4 is 45.1 Å². The first-order chi connectivity index (χ1) is 23.1. The molecule has 1 atom stereocenters. The van der Waals surface area contributed by atoms with Gasteiger partial charge in [0.15, 0.2) is 5.11 Å². The quantitative estimate of drug-likeness (QED) is 0.132. The molecule has 0 amide bonds. The molecule has 3 heterocycles. The topological polar surface area (TPSA) is 42.6 Å². The summed E-state index contributed by atoms with van der Waals surface area (Å²) in [6.45, 7) is 5.34. The predicted molar refractivity (Wildman–Crippen MR) is 192 cm³/mol. The monoisotopic (exact) mass is 642 g/mol. The van der Waals surface area contributed by atoms with Gasteiger partial charge in [-0.15, -0.1) is 0 Å². The molecule has 47 heavy (non-hydrogen) atoms. The fourth-order valence-electron chi connectivity index (χ4n) is 8.46. The van der Waals surface area contributed by atoms with Crippen LogP contribution in [0.25, 0.3) is 21.8 Å². The molecule has 0 radical (unpaired) electrons. The Morgan fingerprint density at radius 2 is 1.28 bits per heavy atom. The normalized spacial score (nSPS) is 18.2. The lowest BCUT2D eigenvalue weighted by Gasteiger charge is -2.45. The second-order valence-corrected chi connectivity index (χ2v) is 13.5. The Labute approximate surface area is 282 Å². The minimum absolute atomic E-state index is 0.282. The van der Waals surface area contributed by atoms with Crippen LogP contribution in [0.4, 0.5) is 0 Å². The lowest BCUT2D eigenvalue weighted by molar-refractivity contribution is -0.139. The number of aryl methyl sites for hydroxylation is 2. The van der Waals surface area contributed by atoms with Gasteiger partial charge in [-0.25, -0.2) is 4.79 Å². The van der Waals surface area contributed by atoms with E-state index in [2.05, 4.69) is 86.5 Å². The minimum Gasteiger partial charge on any atom is -0.463 e.